The predicted octanol–water partition coefficient (Wildman–Crippen LogP) is 1.79. The van der Waals surface area contributed by atoms with E-state index in [1.165, 1.54) is 0 Å². The van der Waals surface area contributed by atoms with E-state index in [4.69, 9.17) is 0 Å². The Hall–Kier alpha value is -0.220. The fourth-order valence-electron chi connectivity index (χ4n) is 1.05. The van der Waals surface area contributed by atoms with E-state index in [0.29, 0.717) is 6.04 Å². The molecular formula is C11H24N2OS. The van der Waals surface area contributed by atoms with Crippen LogP contribution in [-0.4, -0.2) is 42.1 Å². The summed E-state index contributed by atoms with van der Waals surface area (Å²) in [6.07, 6.45) is 0. The van der Waals surface area contributed by atoms with Crippen LogP contribution in [0.1, 0.15) is 27.7 Å². The maximum atomic E-state index is 11.5. The van der Waals surface area contributed by atoms with Gasteiger partial charge in [0, 0.05) is 37.2 Å². The Balaban J connectivity index is 3.47. The zero-order chi connectivity index (χ0) is 11.8. The zero-order valence-corrected chi connectivity index (χ0v) is 11.4. The molecular weight excluding hydrogens is 208 g/mol. The molecule has 0 aliphatic rings. The van der Waals surface area contributed by atoms with Crippen LogP contribution in [0.15, 0.2) is 0 Å². The number of hydrogen-bond acceptors (Lipinski definition) is 3. The van der Waals surface area contributed by atoms with Gasteiger partial charge < -0.3 is 10.2 Å². The van der Waals surface area contributed by atoms with Gasteiger partial charge in [-0.05, 0) is 0 Å². The van der Waals surface area contributed by atoms with Crippen LogP contribution in [0.2, 0.25) is 0 Å². The highest BCUT2D eigenvalue weighted by Crippen LogP contribution is 2.02. The molecule has 0 aliphatic carbocycles. The van der Waals surface area contributed by atoms with E-state index < -0.39 is 0 Å². The highest BCUT2D eigenvalue weighted by atomic mass is 32.2. The number of nitrogens with zero attached hydrogens (tertiary/aromatic N) is 1. The van der Waals surface area contributed by atoms with E-state index in [-0.39, 0.29) is 11.8 Å². The van der Waals surface area contributed by atoms with Gasteiger partial charge >= 0.3 is 0 Å². The van der Waals surface area contributed by atoms with Crippen LogP contribution in [0.25, 0.3) is 0 Å². The summed E-state index contributed by atoms with van der Waals surface area (Å²) in [7, 11) is 1.87. The van der Waals surface area contributed by atoms with Crippen molar-refractivity contribution in [2.75, 3.05) is 25.2 Å². The molecule has 0 bridgehead atoms. The number of thioether (sulfide) groups is 1. The third-order valence-electron chi connectivity index (χ3n) is 2.03. The lowest BCUT2D eigenvalue weighted by atomic mass is 10.2. The number of nitrogens with one attached hydrogen (secondary N) is 1. The van der Waals surface area contributed by atoms with E-state index in [9.17, 15) is 4.79 Å². The Labute approximate surface area is 98.0 Å². The molecule has 90 valence electrons. The van der Waals surface area contributed by atoms with Crippen LogP contribution in [0.3, 0.4) is 0 Å². The fraction of sp³-hybridized carbons (Fsp3) is 0.909. The number of amides is 1. The van der Waals surface area contributed by atoms with Gasteiger partial charge in [-0.2, -0.15) is 0 Å². The summed E-state index contributed by atoms with van der Waals surface area (Å²) >= 11 is 1.83. The average molecular weight is 232 g/mol. The van der Waals surface area contributed by atoms with E-state index in [1.54, 1.807) is 0 Å². The van der Waals surface area contributed by atoms with Gasteiger partial charge in [-0.25, -0.2) is 0 Å². The normalized spacial score (nSPS) is 11.1. The molecule has 0 radical (unpaired) electrons. The molecule has 0 fully saturated rings. The minimum absolute atomic E-state index is 0.105. The lowest BCUT2D eigenvalue weighted by Gasteiger charge is -2.19. The molecule has 3 nitrogen and oxygen atoms in total. The molecule has 15 heavy (non-hydrogen) atoms. The van der Waals surface area contributed by atoms with Gasteiger partial charge in [-0.3, -0.25) is 4.79 Å². The van der Waals surface area contributed by atoms with Crippen molar-refractivity contribution >= 4 is 17.7 Å². The lowest BCUT2D eigenvalue weighted by molar-refractivity contribution is -0.132. The molecule has 1 N–H and O–H groups in total. The Morgan fingerprint density at radius 1 is 1.33 bits per heavy atom. The fourth-order valence-corrected chi connectivity index (χ4v) is 2.05. The van der Waals surface area contributed by atoms with Gasteiger partial charge in [0.05, 0.1) is 0 Å². The van der Waals surface area contributed by atoms with Crippen LogP contribution in [0, 0.1) is 5.92 Å². The van der Waals surface area contributed by atoms with Gasteiger partial charge in [0.2, 0.25) is 5.91 Å². The quantitative estimate of drug-likeness (QED) is 0.536. The molecule has 0 heterocycles. The van der Waals surface area contributed by atoms with E-state index >= 15 is 0 Å². The molecule has 0 aromatic heterocycles. The second kappa shape index (κ2) is 7.99. The topological polar surface area (TPSA) is 32.3 Å². The van der Waals surface area contributed by atoms with Crippen molar-refractivity contribution in [3.05, 3.63) is 0 Å². The third kappa shape index (κ3) is 7.68. The maximum Gasteiger partial charge on any atom is 0.224 e. The monoisotopic (exact) mass is 232 g/mol. The molecule has 4 heteroatoms. The molecule has 0 rings (SSSR count). The van der Waals surface area contributed by atoms with Crippen LogP contribution in [0.5, 0.6) is 0 Å². The second-order valence-electron chi connectivity index (χ2n) is 4.33. The molecule has 0 saturated carbocycles. The molecule has 0 saturated heterocycles. The Morgan fingerprint density at radius 2 is 1.93 bits per heavy atom. The first-order chi connectivity index (χ1) is 6.95. The van der Waals surface area contributed by atoms with Crippen LogP contribution in [-0.2, 0) is 4.79 Å². The minimum atomic E-state index is 0.105. The third-order valence-corrected chi connectivity index (χ3v) is 2.88. The first kappa shape index (κ1) is 14.8. The molecule has 0 aliphatic heterocycles. The molecule has 0 aromatic rings. The number of rotatable bonds is 7. The molecule has 1 amide bonds. The zero-order valence-electron chi connectivity index (χ0n) is 10.5. The van der Waals surface area contributed by atoms with Crippen LogP contribution >= 0.6 is 11.8 Å². The SMILES string of the molecule is CC(C)NCSCCN(C)C(=O)C(C)C. The average Bonchev–Trinajstić information content (AvgIpc) is 2.15. The van der Waals surface area contributed by atoms with Crippen LogP contribution in [0.4, 0.5) is 0 Å². The molecule has 0 unspecified atom stereocenters. The summed E-state index contributed by atoms with van der Waals surface area (Å²) in [6.45, 7) is 8.98. The maximum absolute atomic E-state index is 11.5. The van der Waals surface area contributed by atoms with Gasteiger partial charge in [-0.15, -0.1) is 11.8 Å². The Kier molecular flexibility index (Phi) is 7.88. The van der Waals surface area contributed by atoms with Crippen molar-refractivity contribution in [2.24, 2.45) is 5.92 Å². The summed E-state index contributed by atoms with van der Waals surface area (Å²) in [5.41, 5.74) is 0. The minimum Gasteiger partial charge on any atom is -0.345 e. The molecule has 0 atom stereocenters. The van der Waals surface area contributed by atoms with Gasteiger partial charge in [0.1, 0.15) is 0 Å². The van der Waals surface area contributed by atoms with Crippen molar-refractivity contribution < 1.29 is 4.79 Å². The van der Waals surface area contributed by atoms with Crippen molar-refractivity contribution in [3.8, 4) is 0 Å². The molecule has 0 aromatic carbocycles. The van der Waals surface area contributed by atoms with E-state index in [1.807, 2.05) is 37.6 Å². The highest BCUT2D eigenvalue weighted by Gasteiger charge is 2.11. The van der Waals surface area contributed by atoms with Gasteiger partial charge in [0.15, 0.2) is 0 Å². The first-order valence-corrected chi connectivity index (χ1v) is 6.66. The van der Waals surface area contributed by atoms with Crippen molar-refractivity contribution in [1.82, 2.24) is 10.2 Å². The van der Waals surface area contributed by atoms with E-state index in [2.05, 4.69) is 19.2 Å². The summed E-state index contributed by atoms with van der Waals surface area (Å²) in [4.78, 5) is 13.3. The van der Waals surface area contributed by atoms with Crippen molar-refractivity contribution in [2.45, 2.75) is 33.7 Å². The van der Waals surface area contributed by atoms with Gasteiger partial charge in [0.25, 0.3) is 0 Å². The first-order valence-electron chi connectivity index (χ1n) is 5.51. The summed E-state index contributed by atoms with van der Waals surface area (Å²) in [6, 6.07) is 0.535. The van der Waals surface area contributed by atoms with Crippen LogP contribution < -0.4 is 5.32 Å². The van der Waals surface area contributed by atoms with Gasteiger partial charge in [-0.1, -0.05) is 27.7 Å². The number of carbonyl (C=O) groups excluding carboxylic acids is 1. The number of carbonyl (C=O) groups is 1. The Morgan fingerprint density at radius 3 is 2.40 bits per heavy atom. The highest BCUT2D eigenvalue weighted by molar-refractivity contribution is 7.99. The molecule has 0 spiro atoms. The Bertz CT molecular complexity index is 183. The van der Waals surface area contributed by atoms with Crippen molar-refractivity contribution in [3.63, 3.8) is 0 Å². The standard InChI is InChI=1S/C11H24N2OS/c1-9(2)11(14)13(5)6-7-15-8-12-10(3)4/h9-10,12H,6-8H2,1-5H3. The summed E-state index contributed by atoms with van der Waals surface area (Å²) in [5.74, 6) is 2.29. The number of hydrogen-bond donors (Lipinski definition) is 1. The summed E-state index contributed by atoms with van der Waals surface area (Å²) in [5, 5.41) is 3.33. The van der Waals surface area contributed by atoms with E-state index in [0.717, 1.165) is 18.2 Å². The second-order valence-corrected chi connectivity index (χ2v) is 5.43. The summed E-state index contributed by atoms with van der Waals surface area (Å²) < 4.78 is 0. The largest absolute Gasteiger partial charge is 0.345 e. The smallest absolute Gasteiger partial charge is 0.224 e. The lowest BCUT2D eigenvalue weighted by Crippen LogP contribution is -2.32. The van der Waals surface area contributed by atoms with Crippen molar-refractivity contribution in [1.29, 1.82) is 0 Å². The predicted molar refractivity (Wildman–Crippen MR) is 68.1 cm³/mol.